The van der Waals surface area contributed by atoms with Crippen molar-refractivity contribution < 1.29 is 18.0 Å². The maximum Gasteiger partial charge on any atom is 0.416 e. The van der Waals surface area contributed by atoms with Gasteiger partial charge in [-0.05, 0) is 44.0 Å². The van der Waals surface area contributed by atoms with Crippen LogP contribution in [-0.2, 0) is 11.0 Å². The summed E-state index contributed by atoms with van der Waals surface area (Å²) in [6.45, 7) is 2.86. The van der Waals surface area contributed by atoms with E-state index in [1.54, 1.807) is 0 Å². The third kappa shape index (κ3) is 3.50. The first-order valence-electron chi connectivity index (χ1n) is 6.57. The fourth-order valence-electron chi connectivity index (χ4n) is 2.33. The third-order valence-electron chi connectivity index (χ3n) is 3.48. The van der Waals surface area contributed by atoms with Gasteiger partial charge in [-0.25, -0.2) is 0 Å². The van der Waals surface area contributed by atoms with Gasteiger partial charge >= 0.3 is 6.18 Å². The first-order valence-corrected chi connectivity index (χ1v) is 6.57. The number of halogens is 3. The Kier molecular flexibility index (Phi) is 4.32. The summed E-state index contributed by atoms with van der Waals surface area (Å²) in [5.74, 6) is -0.409. The number of aryl methyl sites for hydroxylation is 1. The van der Waals surface area contributed by atoms with Gasteiger partial charge in [0, 0.05) is 12.2 Å². The van der Waals surface area contributed by atoms with Crippen LogP contribution in [0, 0.1) is 12.8 Å². The van der Waals surface area contributed by atoms with Crippen LogP contribution in [0.2, 0.25) is 0 Å². The Bertz CT molecular complexity index is 494. The van der Waals surface area contributed by atoms with E-state index in [0.717, 1.165) is 25.5 Å². The zero-order chi connectivity index (χ0) is 14.8. The number of piperidine rings is 1. The van der Waals surface area contributed by atoms with Crippen LogP contribution in [0.3, 0.4) is 0 Å². The molecule has 0 bridgehead atoms. The van der Waals surface area contributed by atoms with Crippen molar-refractivity contribution in [3.63, 3.8) is 0 Å². The molecule has 1 aliphatic rings. The lowest BCUT2D eigenvalue weighted by Crippen LogP contribution is -2.37. The van der Waals surface area contributed by atoms with E-state index in [4.69, 9.17) is 0 Å². The minimum absolute atomic E-state index is 0.148. The molecule has 0 aliphatic carbocycles. The second-order valence-electron chi connectivity index (χ2n) is 5.06. The Balaban J connectivity index is 2.11. The molecule has 0 aromatic heterocycles. The zero-order valence-corrected chi connectivity index (χ0v) is 11.2. The predicted octanol–water partition coefficient (Wildman–Crippen LogP) is 2.95. The SMILES string of the molecule is Cc1ccc(NC(=O)C2CCCNC2)cc1C(F)(F)F. The minimum atomic E-state index is -4.41. The Morgan fingerprint density at radius 3 is 2.75 bits per heavy atom. The van der Waals surface area contributed by atoms with Gasteiger partial charge in [0.15, 0.2) is 0 Å². The van der Waals surface area contributed by atoms with Gasteiger partial charge in [0.1, 0.15) is 0 Å². The summed E-state index contributed by atoms with van der Waals surface area (Å²) in [4.78, 5) is 12.0. The van der Waals surface area contributed by atoms with Crippen LogP contribution in [0.1, 0.15) is 24.0 Å². The lowest BCUT2D eigenvalue weighted by molar-refractivity contribution is -0.138. The zero-order valence-electron chi connectivity index (χ0n) is 11.2. The van der Waals surface area contributed by atoms with Crippen molar-refractivity contribution in [3.8, 4) is 0 Å². The standard InChI is InChI=1S/C14H17F3N2O/c1-9-4-5-11(7-12(9)14(15,16)17)19-13(20)10-3-2-6-18-8-10/h4-5,7,10,18H,2-3,6,8H2,1H3,(H,19,20). The van der Waals surface area contributed by atoms with Crippen LogP contribution in [0.5, 0.6) is 0 Å². The first kappa shape index (κ1) is 14.8. The number of carbonyl (C=O) groups is 1. The molecule has 1 aliphatic heterocycles. The Morgan fingerprint density at radius 2 is 2.15 bits per heavy atom. The van der Waals surface area contributed by atoms with Crippen molar-refractivity contribution in [1.29, 1.82) is 0 Å². The average Bonchev–Trinajstić information content (AvgIpc) is 2.40. The van der Waals surface area contributed by atoms with Gasteiger partial charge in [-0.3, -0.25) is 4.79 Å². The molecule has 0 saturated carbocycles. The molecular formula is C14H17F3N2O. The summed E-state index contributed by atoms with van der Waals surface area (Å²) < 4.78 is 38.4. The Labute approximate surface area is 115 Å². The number of anilines is 1. The van der Waals surface area contributed by atoms with E-state index in [0.29, 0.717) is 6.54 Å². The van der Waals surface area contributed by atoms with E-state index in [-0.39, 0.29) is 23.1 Å². The number of nitrogens with one attached hydrogen (secondary N) is 2. The summed E-state index contributed by atoms with van der Waals surface area (Å²) in [6.07, 6.45) is -2.74. The molecule has 1 unspecified atom stereocenters. The molecule has 1 saturated heterocycles. The van der Waals surface area contributed by atoms with Crippen molar-refractivity contribution in [2.45, 2.75) is 25.9 Å². The molecule has 1 aromatic carbocycles. The highest BCUT2D eigenvalue weighted by molar-refractivity contribution is 5.92. The summed E-state index contributed by atoms with van der Waals surface area (Å²) in [6, 6.07) is 3.86. The summed E-state index contributed by atoms with van der Waals surface area (Å²) >= 11 is 0. The van der Waals surface area contributed by atoms with Gasteiger partial charge in [0.05, 0.1) is 11.5 Å². The van der Waals surface area contributed by atoms with Crippen molar-refractivity contribution in [2.24, 2.45) is 5.92 Å². The first-order chi connectivity index (χ1) is 9.38. The maximum absolute atomic E-state index is 12.8. The third-order valence-corrected chi connectivity index (χ3v) is 3.48. The number of hydrogen-bond donors (Lipinski definition) is 2. The lowest BCUT2D eigenvalue weighted by Gasteiger charge is -2.22. The van der Waals surface area contributed by atoms with Gasteiger partial charge in [-0.1, -0.05) is 6.07 Å². The van der Waals surface area contributed by atoms with Crippen molar-refractivity contribution in [1.82, 2.24) is 5.32 Å². The number of hydrogen-bond acceptors (Lipinski definition) is 2. The number of alkyl halides is 3. The quantitative estimate of drug-likeness (QED) is 0.877. The Hall–Kier alpha value is -1.56. The van der Waals surface area contributed by atoms with Crippen molar-refractivity contribution in [2.75, 3.05) is 18.4 Å². The molecule has 2 N–H and O–H groups in total. The second-order valence-corrected chi connectivity index (χ2v) is 5.06. The fourth-order valence-corrected chi connectivity index (χ4v) is 2.33. The van der Waals surface area contributed by atoms with E-state index in [1.807, 2.05) is 0 Å². The normalized spacial score (nSPS) is 19.7. The van der Waals surface area contributed by atoms with Crippen molar-refractivity contribution >= 4 is 11.6 Å². The van der Waals surface area contributed by atoms with Crippen LogP contribution in [0.15, 0.2) is 18.2 Å². The topological polar surface area (TPSA) is 41.1 Å². The summed E-state index contributed by atoms with van der Waals surface area (Å²) in [5, 5.41) is 5.68. The molecule has 0 radical (unpaired) electrons. The average molecular weight is 286 g/mol. The van der Waals surface area contributed by atoms with E-state index in [1.165, 1.54) is 19.1 Å². The molecule has 1 fully saturated rings. The monoisotopic (exact) mass is 286 g/mol. The van der Waals surface area contributed by atoms with Crippen LogP contribution in [-0.4, -0.2) is 19.0 Å². The van der Waals surface area contributed by atoms with Crippen LogP contribution < -0.4 is 10.6 Å². The minimum Gasteiger partial charge on any atom is -0.326 e. The second kappa shape index (κ2) is 5.83. The van der Waals surface area contributed by atoms with Gasteiger partial charge < -0.3 is 10.6 Å². The van der Waals surface area contributed by atoms with Crippen LogP contribution >= 0.6 is 0 Å². The maximum atomic E-state index is 12.8. The highest BCUT2D eigenvalue weighted by Crippen LogP contribution is 2.33. The molecule has 2 rings (SSSR count). The number of carbonyl (C=O) groups excluding carboxylic acids is 1. The molecule has 1 amide bonds. The predicted molar refractivity (Wildman–Crippen MR) is 70.4 cm³/mol. The highest BCUT2D eigenvalue weighted by Gasteiger charge is 2.32. The molecule has 6 heteroatoms. The van der Waals surface area contributed by atoms with Gasteiger partial charge in [0.2, 0.25) is 5.91 Å². The summed E-state index contributed by atoms with van der Waals surface area (Å²) in [5.41, 5.74) is -0.370. The van der Waals surface area contributed by atoms with Gasteiger partial charge in [-0.2, -0.15) is 13.2 Å². The van der Waals surface area contributed by atoms with E-state index < -0.39 is 11.7 Å². The smallest absolute Gasteiger partial charge is 0.326 e. The van der Waals surface area contributed by atoms with Crippen molar-refractivity contribution in [3.05, 3.63) is 29.3 Å². The molecule has 110 valence electrons. The number of amides is 1. The van der Waals surface area contributed by atoms with E-state index >= 15 is 0 Å². The number of rotatable bonds is 2. The highest BCUT2D eigenvalue weighted by atomic mass is 19.4. The molecule has 1 heterocycles. The largest absolute Gasteiger partial charge is 0.416 e. The van der Waals surface area contributed by atoms with Gasteiger partial charge in [0.25, 0.3) is 0 Å². The fraction of sp³-hybridized carbons (Fsp3) is 0.500. The lowest BCUT2D eigenvalue weighted by atomic mass is 9.98. The Morgan fingerprint density at radius 1 is 1.40 bits per heavy atom. The van der Waals surface area contributed by atoms with Crippen LogP contribution in [0.4, 0.5) is 18.9 Å². The summed E-state index contributed by atoms with van der Waals surface area (Å²) in [7, 11) is 0. The van der Waals surface area contributed by atoms with Crippen LogP contribution in [0.25, 0.3) is 0 Å². The molecular weight excluding hydrogens is 269 g/mol. The molecule has 0 spiro atoms. The number of benzene rings is 1. The molecule has 1 aromatic rings. The molecule has 3 nitrogen and oxygen atoms in total. The van der Waals surface area contributed by atoms with Gasteiger partial charge in [-0.15, -0.1) is 0 Å². The molecule has 1 atom stereocenters. The van der Waals surface area contributed by atoms with E-state index in [2.05, 4.69) is 10.6 Å². The molecule has 20 heavy (non-hydrogen) atoms. The van der Waals surface area contributed by atoms with E-state index in [9.17, 15) is 18.0 Å².